The van der Waals surface area contributed by atoms with Crippen molar-refractivity contribution in [3.05, 3.63) is 71.5 Å². The molecule has 1 aromatic heterocycles. The lowest BCUT2D eigenvalue weighted by Crippen LogP contribution is -2.14. The van der Waals surface area contributed by atoms with Crippen molar-refractivity contribution >= 4 is 21.4 Å². The Morgan fingerprint density at radius 3 is 2.20 bits per heavy atom. The summed E-state index contributed by atoms with van der Waals surface area (Å²) in [5.74, 6) is 0. The van der Waals surface area contributed by atoms with Crippen LogP contribution in [0.2, 0.25) is 0 Å². The van der Waals surface area contributed by atoms with Gasteiger partial charge < -0.3 is 5.32 Å². The van der Waals surface area contributed by atoms with Crippen LogP contribution in [0.1, 0.15) is 17.0 Å². The van der Waals surface area contributed by atoms with E-state index in [0.29, 0.717) is 23.6 Å². The van der Waals surface area contributed by atoms with Gasteiger partial charge in [0.15, 0.2) is 0 Å². The van der Waals surface area contributed by atoms with Crippen LogP contribution in [0, 0.1) is 13.8 Å². The van der Waals surface area contributed by atoms with Gasteiger partial charge in [-0.2, -0.15) is 5.10 Å². The minimum atomic E-state index is -3.66. The summed E-state index contributed by atoms with van der Waals surface area (Å²) in [6.07, 6.45) is 0. The quantitative estimate of drug-likeness (QED) is 0.631. The highest BCUT2D eigenvalue weighted by molar-refractivity contribution is 7.92. The highest BCUT2D eigenvalue weighted by atomic mass is 32.2. The van der Waals surface area contributed by atoms with Gasteiger partial charge in [0.05, 0.1) is 11.4 Å². The van der Waals surface area contributed by atoms with Crippen LogP contribution < -0.4 is 10.0 Å². The molecular formula is C18H20N4O2S. The Hall–Kier alpha value is -2.80. The second-order valence-corrected chi connectivity index (χ2v) is 7.40. The topological polar surface area (TPSA) is 86.9 Å². The summed E-state index contributed by atoms with van der Waals surface area (Å²) in [7, 11) is -3.66. The number of aromatic nitrogens is 2. The maximum Gasteiger partial charge on any atom is 0.265 e. The summed E-state index contributed by atoms with van der Waals surface area (Å²) in [5, 5.41) is 9.93. The summed E-state index contributed by atoms with van der Waals surface area (Å²) in [5.41, 5.74) is 3.57. The average Bonchev–Trinajstić information content (AvgIpc) is 2.94. The molecule has 0 unspecified atom stereocenters. The Bertz CT molecular complexity index is 929. The molecule has 0 aliphatic heterocycles. The molecule has 0 aliphatic rings. The normalized spacial score (nSPS) is 11.3. The van der Waals surface area contributed by atoms with E-state index in [2.05, 4.69) is 20.2 Å². The largest absolute Gasteiger partial charge is 0.381 e. The van der Waals surface area contributed by atoms with Crippen molar-refractivity contribution in [2.45, 2.75) is 25.3 Å². The van der Waals surface area contributed by atoms with Gasteiger partial charge in [-0.3, -0.25) is 9.82 Å². The first-order valence-electron chi connectivity index (χ1n) is 7.88. The summed E-state index contributed by atoms with van der Waals surface area (Å²) in [6.45, 7) is 4.05. The molecule has 0 atom stereocenters. The molecule has 0 amide bonds. The molecule has 0 bridgehead atoms. The van der Waals surface area contributed by atoms with Crippen molar-refractivity contribution in [3.8, 4) is 0 Å². The number of nitrogens with zero attached hydrogens (tertiary/aromatic N) is 1. The van der Waals surface area contributed by atoms with Crippen LogP contribution >= 0.6 is 0 Å². The van der Waals surface area contributed by atoms with Crippen molar-refractivity contribution < 1.29 is 8.42 Å². The Kier molecular flexibility index (Phi) is 4.76. The third-order valence-corrected chi connectivity index (χ3v) is 5.45. The summed E-state index contributed by atoms with van der Waals surface area (Å²) < 4.78 is 27.6. The Labute approximate surface area is 147 Å². The fraction of sp³-hybridized carbons (Fsp3) is 0.167. The molecule has 0 aliphatic carbocycles. The van der Waals surface area contributed by atoms with E-state index in [1.165, 1.54) is 5.56 Å². The number of aryl methyl sites for hydroxylation is 2. The van der Waals surface area contributed by atoms with Crippen LogP contribution in [0.4, 0.5) is 11.4 Å². The van der Waals surface area contributed by atoms with Gasteiger partial charge in [0.1, 0.15) is 4.90 Å². The zero-order chi connectivity index (χ0) is 17.9. The second kappa shape index (κ2) is 6.98. The molecule has 25 heavy (non-hydrogen) atoms. The second-order valence-electron chi connectivity index (χ2n) is 5.79. The number of nitrogens with one attached hydrogen (secondary N) is 3. The van der Waals surface area contributed by atoms with Gasteiger partial charge in [0, 0.05) is 17.9 Å². The first kappa shape index (κ1) is 17.0. The molecule has 0 spiro atoms. The lowest BCUT2D eigenvalue weighted by atomic mass is 10.2. The number of anilines is 2. The average molecular weight is 356 g/mol. The van der Waals surface area contributed by atoms with Crippen molar-refractivity contribution in [3.63, 3.8) is 0 Å². The molecule has 130 valence electrons. The van der Waals surface area contributed by atoms with Crippen molar-refractivity contribution in [1.29, 1.82) is 0 Å². The number of aromatic amines is 1. The molecule has 2 aromatic carbocycles. The number of benzene rings is 2. The summed E-state index contributed by atoms with van der Waals surface area (Å²) >= 11 is 0. The third-order valence-electron chi connectivity index (χ3n) is 3.81. The molecule has 3 rings (SSSR count). The number of H-pyrrole nitrogens is 1. The van der Waals surface area contributed by atoms with Gasteiger partial charge in [0.25, 0.3) is 10.0 Å². The molecule has 0 saturated carbocycles. The Balaban J connectivity index is 1.68. The SMILES string of the molecule is Cc1n[nH]c(C)c1S(=O)(=O)Nc1ccc(NCc2ccccc2)cc1. The van der Waals surface area contributed by atoms with E-state index < -0.39 is 10.0 Å². The zero-order valence-electron chi connectivity index (χ0n) is 14.1. The highest BCUT2D eigenvalue weighted by Gasteiger charge is 2.22. The van der Waals surface area contributed by atoms with Crippen LogP contribution in [-0.4, -0.2) is 18.6 Å². The minimum Gasteiger partial charge on any atom is -0.381 e. The van der Waals surface area contributed by atoms with Crippen LogP contribution in [0.15, 0.2) is 59.5 Å². The van der Waals surface area contributed by atoms with E-state index in [9.17, 15) is 8.42 Å². The molecule has 1 heterocycles. The number of hydrogen-bond acceptors (Lipinski definition) is 4. The lowest BCUT2D eigenvalue weighted by molar-refractivity contribution is 0.600. The first-order chi connectivity index (χ1) is 12.0. The molecule has 0 saturated heterocycles. The van der Waals surface area contributed by atoms with E-state index in [1.54, 1.807) is 26.0 Å². The Morgan fingerprint density at radius 1 is 0.960 bits per heavy atom. The number of hydrogen-bond donors (Lipinski definition) is 3. The van der Waals surface area contributed by atoms with E-state index in [4.69, 9.17) is 0 Å². The molecular weight excluding hydrogens is 336 g/mol. The molecule has 0 fully saturated rings. The predicted octanol–water partition coefficient (Wildman–Crippen LogP) is 3.44. The van der Waals surface area contributed by atoms with E-state index in [-0.39, 0.29) is 4.90 Å². The van der Waals surface area contributed by atoms with Crippen molar-refractivity contribution in [2.24, 2.45) is 0 Å². The van der Waals surface area contributed by atoms with Gasteiger partial charge in [-0.15, -0.1) is 0 Å². The van der Waals surface area contributed by atoms with Crippen molar-refractivity contribution in [2.75, 3.05) is 10.0 Å². The number of sulfonamides is 1. The van der Waals surface area contributed by atoms with Gasteiger partial charge in [-0.25, -0.2) is 8.42 Å². The molecule has 3 N–H and O–H groups in total. The van der Waals surface area contributed by atoms with Crippen molar-refractivity contribution in [1.82, 2.24) is 10.2 Å². The fourth-order valence-electron chi connectivity index (χ4n) is 2.60. The zero-order valence-corrected chi connectivity index (χ0v) is 14.9. The van der Waals surface area contributed by atoms with E-state index >= 15 is 0 Å². The van der Waals surface area contributed by atoms with Crippen LogP contribution in [-0.2, 0) is 16.6 Å². The maximum atomic E-state index is 12.5. The van der Waals surface area contributed by atoms with Gasteiger partial charge in [-0.05, 0) is 43.7 Å². The van der Waals surface area contributed by atoms with Crippen LogP contribution in [0.25, 0.3) is 0 Å². The third kappa shape index (κ3) is 4.00. The van der Waals surface area contributed by atoms with Crippen LogP contribution in [0.5, 0.6) is 0 Å². The van der Waals surface area contributed by atoms with Crippen LogP contribution in [0.3, 0.4) is 0 Å². The minimum absolute atomic E-state index is 0.193. The monoisotopic (exact) mass is 356 g/mol. The maximum absolute atomic E-state index is 12.5. The molecule has 6 nitrogen and oxygen atoms in total. The highest BCUT2D eigenvalue weighted by Crippen LogP contribution is 2.22. The van der Waals surface area contributed by atoms with Gasteiger partial charge >= 0.3 is 0 Å². The predicted molar refractivity (Wildman–Crippen MR) is 99.1 cm³/mol. The summed E-state index contributed by atoms with van der Waals surface area (Å²) in [6, 6.07) is 17.2. The number of rotatable bonds is 6. The lowest BCUT2D eigenvalue weighted by Gasteiger charge is -2.10. The molecule has 7 heteroatoms. The summed E-state index contributed by atoms with van der Waals surface area (Å²) in [4.78, 5) is 0.193. The van der Waals surface area contributed by atoms with Gasteiger partial charge in [0.2, 0.25) is 0 Å². The first-order valence-corrected chi connectivity index (χ1v) is 9.36. The van der Waals surface area contributed by atoms with E-state index in [1.807, 2.05) is 42.5 Å². The van der Waals surface area contributed by atoms with E-state index in [0.717, 1.165) is 5.69 Å². The molecule has 3 aromatic rings. The fourth-order valence-corrected chi connectivity index (χ4v) is 4.03. The smallest absolute Gasteiger partial charge is 0.265 e. The molecule has 0 radical (unpaired) electrons. The standard InChI is InChI=1S/C18H20N4O2S/c1-13-18(14(2)21-20-13)25(23,24)22-17-10-8-16(9-11-17)19-12-15-6-4-3-5-7-15/h3-11,19,22H,12H2,1-2H3,(H,20,21). The van der Waals surface area contributed by atoms with Gasteiger partial charge in [-0.1, -0.05) is 30.3 Å². The Morgan fingerprint density at radius 2 is 1.60 bits per heavy atom.